The van der Waals surface area contributed by atoms with Crippen molar-refractivity contribution < 1.29 is 4.74 Å². The fourth-order valence-corrected chi connectivity index (χ4v) is 3.53. The van der Waals surface area contributed by atoms with Gasteiger partial charge in [-0.1, -0.05) is 0 Å². The Balaban J connectivity index is 1.94. The smallest absolute Gasteiger partial charge is 0.184 e. The second kappa shape index (κ2) is 4.80. The van der Waals surface area contributed by atoms with Gasteiger partial charge in [0.25, 0.3) is 0 Å². The minimum Gasteiger partial charge on any atom is -0.488 e. The van der Waals surface area contributed by atoms with Crippen LogP contribution in [0.3, 0.4) is 0 Å². The minimum atomic E-state index is -0.207. The molecule has 2 saturated heterocycles. The van der Waals surface area contributed by atoms with Crippen LogP contribution in [0.25, 0.3) is 0 Å². The maximum atomic E-state index is 5.81. The fourth-order valence-electron chi connectivity index (χ4n) is 2.54. The third-order valence-corrected chi connectivity index (χ3v) is 4.31. The molecule has 4 nitrogen and oxygen atoms in total. The van der Waals surface area contributed by atoms with Crippen molar-refractivity contribution >= 4 is 16.6 Å². The molecular formula is C12H19N3OS. The molecular weight excluding hydrogens is 234 g/mol. The van der Waals surface area contributed by atoms with E-state index in [-0.39, 0.29) is 10.9 Å². The molecule has 1 atom stereocenters. The van der Waals surface area contributed by atoms with Crippen LogP contribution in [0.1, 0.15) is 32.1 Å². The van der Waals surface area contributed by atoms with Gasteiger partial charge in [-0.15, -0.1) is 0 Å². The molecule has 5 heteroatoms. The highest BCUT2D eigenvalue weighted by molar-refractivity contribution is 7.85. The summed E-state index contributed by atoms with van der Waals surface area (Å²) in [7, 11) is -0.207. The maximum absolute atomic E-state index is 5.81. The molecule has 17 heavy (non-hydrogen) atoms. The Morgan fingerprint density at radius 1 is 1.18 bits per heavy atom. The van der Waals surface area contributed by atoms with E-state index in [1.807, 2.05) is 0 Å². The van der Waals surface area contributed by atoms with Crippen LogP contribution >= 0.6 is 0 Å². The van der Waals surface area contributed by atoms with Crippen LogP contribution in [0.15, 0.2) is 20.3 Å². The van der Waals surface area contributed by atoms with Crippen molar-refractivity contribution in [3.05, 3.63) is 11.6 Å². The SMILES string of the molecule is CS1=NC(N2CCCCC2)=C2OCCCC2=N1. The fraction of sp³-hybridized carbons (Fsp3) is 0.750. The quantitative estimate of drug-likeness (QED) is 0.719. The topological polar surface area (TPSA) is 37.2 Å². The summed E-state index contributed by atoms with van der Waals surface area (Å²) in [5.41, 5.74) is 1.15. The average molecular weight is 253 g/mol. The summed E-state index contributed by atoms with van der Waals surface area (Å²) in [5, 5.41) is 0. The van der Waals surface area contributed by atoms with Crippen molar-refractivity contribution in [2.24, 2.45) is 8.76 Å². The van der Waals surface area contributed by atoms with Gasteiger partial charge in [-0.3, -0.25) is 0 Å². The van der Waals surface area contributed by atoms with E-state index in [4.69, 9.17) is 9.10 Å². The van der Waals surface area contributed by atoms with E-state index in [0.717, 1.165) is 49.8 Å². The largest absolute Gasteiger partial charge is 0.488 e. The molecule has 0 radical (unpaired) electrons. The molecule has 0 spiro atoms. The standard InChI is InChI=1S/C12H19N3OS/c1-17-13-10-6-5-9-16-11(10)12(14-17)15-7-3-2-4-8-15/h2-9H2,1H3. The maximum Gasteiger partial charge on any atom is 0.184 e. The van der Waals surface area contributed by atoms with Crippen LogP contribution in [0.4, 0.5) is 0 Å². The predicted molar refractivity (Wildman–Crippen MR) is 70.8 cm³/mol. The van der Waals surface area contributed by atoms with Crippen molar-refractivity contribution in [2.75, 3.05) is 26.0 Å². The Morgan fingerprint density at radius 2 is 2.00 bits per heavy atom. The summed E-state index contributed by atoms with van der Waals surface area (Å²) in [6.07, 6.45) is 8.12. The van der Waals surface area contributed by atoms with E-state index in [2.05, 4.69) is 15.6 Å². The summed E-state index contributed by atoms with van der Waals surface area (Å²) < 4.78 is 15.1. The first kappa shape index (κ1) is 11.3. The van der Waals surface area contributed by atoms with Crippen LogP contribution in [0.2, 0.25) is 0 Å². The highest BCUT2D eigenvalue weighted by Crippen LogP contribution is 2.27. The molecule has 0 N–H and O–H groups in total. The van der Waals surface area contributed by atoms with Crippen LogP contribution in [-0.4, -0.2) is 36.6 Å². The van der Waals surface area contributed by atoms with E-state index in [9.17, 15) is 0 Å². The molecule has 94 valence electrons. The van der Waals surface area contributed by atoms with Gasteiger partial charge in [0.2, 0.25) is 0 Å². The molecule has 1 unspecified atom stereocenters. The van der Waals surface area contributed by atoms with E-state index in [1.54, 1.807) is 0 Å². The average Bonchev–Trinajstić information content (AvgIpc) is 2.39. The number of piperidine rings is 1. The molecule has 0 aliphatic carbocycles. The Labute approximate surface area is 105 Å². The van der Waals surface area contributed by atoms with Crippen LogP contribution < -0.4 is 0 Å². The van der Waals surface area contributed by atoms with Gasteiger partial charge in [0.15, 0.2) is 11.6 Å². The van der Waals surface area contributed by atoms with Crippen molar-refractivity contribution in [3.8, 4) is 0 Å². The number of hydrogen-bond donors (Lipinski definition) is 0. The van der Waals surface area contributed by atoms with Crippen molar-refractivity contribution in [2.45, 2.75) is 32.1 Å². The molecule has 0 aromatic rings. The molecule has 0 bridgehead atoms. The van der Waals surface area contributed by atoms with E-state index in [1.165, 1.54) is 19.3 Å². The summed E-state index contributed by atoms with van der Waals surface area (Å²) in [5.74, 6) is 2.06. The summed E-state index contributed by atoms with van der Waals surface area (Å²) in [6, 6.07) is 0. The zero-order valence-electron chi connectivity index (χ0n) is 10.3. The zero-order chi connectivity index (χ0) is 11.7. The lowest BCUT2D eigenvalue weighted by molar-refractivity contribution is 0.189. The molecule has 3 rings (SSSR count). The Hall–Kier alpha value is -0.840. The summed E-state index contributed by atoms with van der Waals surface area (Å²) in [4.78, 5) is 2.39. The van der Waals surface area contributed by atoms with Crippen molar-refractivity contribution in [1.29, 1.82) is 0 Å². The Kier molecular flexibility index (Phi) is 3.18. The monoisotopic (exact) mass is 253 g/mol. The second-order valence-corrected chi connectivity index (χ2v) is 5.99. The van der Waals surface area contributed by atoms with Crippen LogP contribution in [-0.2, 0) is 15.6 Å². The van der Waals surface area contributed by atoms with Gasteiger partial charge in [0.1, 0.15) is 0 Å². The predicted octanol–water partition coefficient (Wildman–Crippen LogP) is 2.25. The molecule has 3 heterocycles. The van der Waals surface area contributed by atoms with Crippen molar-refractivity contribution in [1.82, 2.24) is 4.90 Å². The van der Waals surface area contributed by atoms with Gasteiger partial charge >= 0.3 is 0 Å². The third-order valence-electron chi connectivity index (χ3n) is 3.39. The Morgan fingerprint density at radius 3 is 2.82 bits per heavy atom. The third kappa shape index (κ3) is 2.25. The van der Waals surface area contributed by atoms with E-state index >= 15 is 0 Å². The molecule has 0 aromatic carbocycles. The molecule has 2 fully saturated rings. The lowest BCUT2D eigenvalue weighted by Gasteiger charge is -2.33. The van der Waals surface area contributed by atoms with Gasteiger partial charge < -0.3 is 9.64 Å². The normalized spacial score (nSPS) is 29.1. The van der Waals surface area contributed by atoms with Crippen LogP contribution in [0.5, 0.6) is 0 Å². The summed E-state index contributed by atoms with van der Waals surface area (Å²) in [6.45, 7) is 3.06. The molecule has 0 saturated carbocycles. The lowest BCUT2D eigenvalue weighted by atomic mass is 10.1. The number of ether oxygens (including phenoxy) is 1. The van der Waals surface area contributed by atoms with Gasteiger partial charge in [-0.2, -0.15) is 4.36 Å². The number of rotatable bonds is 1. The number of hydrogen-bond acceptors (Lipinski definition) is 4. The summed E-state index contributed by atoms with van der Waals surface area (Å²) >= 11 is 0. The first-order chi connectivity index (χ1) is 8.34. The van der Waals surface area contributed by atoms with Gasteiger partial charge in [-0.25, -0.2) is 4.40 Å². The van der Waals surface area contributed by atoms with Gasteiger partial charge in [-0.05, 0) is 32.1 Å². The molecule has 3 aliphatic rings. The highest BCUT2D eigenvalue weighted by atomic mass is 32.2. The minimum absolute atomic E-state index is 0.207. The van der Waals surface area contributed by atoms with Gasteiger partial charge in [0.05, 0.1) is 12.3 Å². The van der Waals surface area contributed by atoms with Crippen molar-refractivity contribution in [3.63, 3.8) is 0 Å². The molecule has 0 amide bonds. The number of nitrogens with zero attached hydrogens (tertiary/aromatic N) is 3. The highest BCUT2D eigenvalue weighted by Gasteiger charge is 2.27. The van der Waals surface area contributed by atoms with E-state index < -0.39 is 0 Å². The number of fused-ring (bicyclic) bond motifs is 1. The lowest BCUT2D eigenvalue weighted by Crippen LogP contribution is -2.33. The van der Waals surface area contributed by atoms with Crippen LogP contribution in [0, 0.1) is 0 Å². The molecule has 0 aromatic heterocycles. The zero-order valence-corrected chi connectivity index (χ0v) is 11.1. The van der Waals surface area contributed by atoms with E-state index in [0.29, 0.717) is 0 Å². The number of allylic oxidation sites excluding steroid dienone is 1. The first-order valence-corrected chi connectivity index (χ1v) is 7.97. The Bertz CT molecular complexity index is 408. The number of likely N-dealkylation sites (tertiary alicyclic amines) is 1. The first-order valence-electron chi connectivity index (χ1n) is 6.42. The molecule has 3 aliphatic heterocycles. The van der Waals surface area contributed by atoms with Gasteiger partial charge in [0, 0.05) is 30.2 Å². The second-order valence-electron chi connectivity index (χ2n) is 4.73.